The molecule has 3 N–H and O–H groups in total. The van der Waals surface area contributed by atoms with E-state index in [2.05, 4.69) is 10.3 Å². The Labute approximate surface area is 138 Å². The van der Waals surface area contributed by atoms with Crippen LogP contribution in [0.2, 0.25) is 0 Å². The van der Waals surface area contributed by atoms with E-state index in [0.717, 1.165) is 31.5 Å². The Morgan fingerprint density at radius 2 is 1.95 bits per heavy atom. The van der Waals surface area contributed by atoms with Crippen molar-refractivity contribution in [3.63, 3.8) is 0 Å². The molecular formula is C14H24Cl2N4O. The number of pyridine rings is 1. The molecule has 0 saturated heterocycles. The third kappa shape index (κ3) is 4.73. The first-order valence-corrected chi connectivity index (χ1v) is 6.72. The quantitative estimate of drug-likeness (QED) is 0.883. The maximum absolute atomic E-state index is 12.2. The van der Waals surface area contributed by atoms with E-state index in [0.29, 0.717) is 12.1 Å². The lowest BCUT2D eigenvalue weighted by Gasteiger charge is -2.28. The molecule has 5 nitrogen and oxygen atoms in total. The Kier molecular flexibility index (Phi) is 8.00. The predicted molar refractivity (Wildman–Crippen MR) is 90.8 cm³/mol. The van der Waals surface area contributed by atoms with Crippen molar-refractivity contribution < 1.29 is 4.79 Å². The van der Waals surface area contributed by atoms with Gasteiger partial charge in [0.05, 0.1) is 11.1 Å². The molecule has 0 aliphatic heterocycles. The molecule has 1 aromatic rings. The summed E-state index contributed by atoms with van der Waals surface area (Å²) in [4.78, 5) is 18.4. The lowest BCUT2D eigenvalue weighted by molar-refractivity contribution is 0.0903. The summed E-state index contributed by atoms with van der Waals surface area (Å²) < 4.78 is 0. The highest BCUT2D eigenvalue weighted by Crippen LogP contribution is 2.28. The van der Waals surface area contributed by atoms with Crippen LogP contribution < -0.4 is 16.0 Å². The number of carbonyl (C=O) groups is 1. The number of hydrogen-bond donors (Lipinski definition) is 2. The second-order valence-corrected chi connectivity index (χ2v) is 5.45. The highest BCUT2D eigenvalue weighted by atomic mass is 35.5. The van der Waals surface area contributed by atoms with Crippen LogP contribution in [-0.2, 0) is 0 Å². The minimum atomic E-state index is -0.211. The van der Waals surface area contributed by atoms with E-state index < -0.39 is 0 Å². The van der Waals surface area contributed by atoms with Crippen LogP contribution in [0.1, 0.15) is 36.0 Å². The van der Waals surface area contributed by atoms with Crippen LogP contribution >= 0.6 is 24.8 Å². The van der Waals surface area contributed by atoms with Crippen LogP contribution in [0, 0.1) is 0 Å². The van der Waals surface area contributed by atoms with Crippen molar-refractivity contribution in [3.8, 4) is 0 Å². The van der Waals surface area contributed by atoms with Gasteiger partial charge in [-0.2, -0.15) is 0 Å². The van der Waals surface area contributed by atoms with E-state index in [1.54, 1.807) is 12.3 Å². The zero-order valence-corrected chi connectivity index (χ0v) is 14.1. The molecule has 0 radical (unpaired) electrons. The molecule has 7 heteroatoms. The van der Waals surface area contributed by atoms with Gasteiger partial charge in [0.15, 0.2) is 0 Å². The van der Waals surface area contributed by atoms with Gasteiger partial charge in [0.25, 0.3) is 5.91 Å². The maximum Gasteiger partial charge on any atom is 0.253 e. The van der Waals surface area contributed by atoms with E-state index in [1.165, 1.54) is 0 Å². The number of rotatable bonds is 4. The molecule has 1 aromatic heterocycles. The number of amides is 1. The Morgan fingerprint density at radius 3 is 2.38 bits per heavy atom. The van der Waals surface area contributed by atoms with E-state index in [9.17, 15) is 4.79 Å². The summed E-state index contributed by atoms with van der Waals surface area (Å²) in [6.07, 6.45) is 5.82. The topological polar surface area (TPSA) is 71.2 Å². The molecule has 1 saturated carbocycles. The van der Waals surface area contributed by atoms with Gasteiger partial charge in [-0.15, -0.1) is 24.8 Å². The van der Waals surface area contributed by atoms with Gasteiger partial charge in [0.2, 0.25) is 0 Å². The van der Waals surface area contributed by atoms with Gasteiger partial charge >= 0.3 is 0 Å². The number of nitrogens with one attached hydrogen (secondary N) is 1. The molecule has 120 valence electrons. The number of aromatic nitrogens is 1. The van der Waals surface area contributed by atoms with Gasteiger partial charge in [0, 0.05) is 26.8 Å². The second-order valence-electron chi connectivity index (χ2n) is 5.45. The zero-order valence-electron chi connectivity index (χ0n) is 12.5. The smallest absolute Gasteiger partial charge is 0.253 e. The lowest BCUT2D eigenvalue weighted by atomic mass is 9.97. The SMILES string of the molecule is CN(C)c1ccc(C(=O)NC2(CN)CCCC2)cn1.Cl.Cl. The molecule has 1 fully saturated rings. The molecule has 1 aliphatic carbocycles. The average Bonchev–Trinajstić information content (AvgIpc) is 2.88. The number of halogens is 2. The minimum Gasteiger partial charge on any atom is -0.363 e. The molecule has 2 rings (SSSR count). The zero-order chi connectivity index (χ0) is 13.9. The molecule has 0 aromatic carbocycles. The molecule has 0 spiro atoms. The number of carbonyl (C=O) groups excluding carboxylic acids is 1. The summed E-state index contributed by atoms with van der Waals surface area (Å²) in [5.74, 6) is 0.760. The normalized spacial score (nSPS) is 15.6. The van der Waals surface area contributed by atoms with Crippen LogP contribution in [0.25, 0.3) is 0 Å². The number of nitrogens with zero attached hydrogens (tertiary/aromatic N) is 2. The third-order valence-electron chi connectivity index (χ3n) is 3.80. The first-order valence-electron chi connectivity index (χ1n) is 6.72. The average molecular weight is 335 g/mol. The maximum atomic E-state index is 12.2. The van der Waals surface area contributed by atoms with Crippen LogP contribution in [-0.4, -0.2) is 37.1 Å². The summed E-state index contributed by atoms with van der Waals surface area (Å²) in [6.45, 7) is 0.502. The molecule has 21 heavy (non-hydrogen) atoms. The summed E-state index contributed by atoms with van der Waals surface area (Å²) in [5.41, 5.74) is 6.20. The monoisotopic (exact) mass is 334 g/mol. The Morgan fingerprint density at radius 1 is 1.33 bits per heavy atom. The Hall–Kier alpha value is -1.04. The van der Waals surface area contributed by atoms with Crippen molar-refractivity contribution >= 4 is 36.5 Å². The summed E-state index contributed by atoms with van der Waals surface area (Å²) in [6, 6.07) is 3.65. The van der Waals surface area contributed by atoms with E-state index in [4.69, 9.17) is 5.73 Å². The molecule has 0 atom stereocenters. The van der Waals surface area contributed by atoms with Crippen LogP contribution in [0.4, 0.5) is 5.82 Å². The first-order chi connectivity index (χ1) is 9.06. The molecule has 0 unspecified atom stereocenters. The largest absolute Gasteiger partial charge is 0.363 e. The fourth-order valence-electron chi connectivity index (χ4n) is 2.53. The van der Waals surface area contributed by atoms with Crippen molar-refractivity contribution in [1.82, 2.24) is 10.3 Å². The van der Waals surface area contributed by atoms with Crippen LogP contribution in [0.3, 0.4) is 0 Å². The third-order valence-corrected chi connectivity index (χ3v) is 3.80. The van der Waals surface area contributed by atoms with Crippen molar-refractivity contribution in [3.05, 3.63) is 23.9 Å². The van der Waals surface area contributed by atoms with Gasteiger partial charge < -0.3 is 16.0 Å². The summed E-state index contributed by atoms with van der Waals surface area (Å²) in [5, 5.41) is 3.09. The molecular weight excluding hydrogens is 311 g/mol. The lowest BCUT2D eigenvalue weighted by Crippen LogP contribution is -2.51. The summed E-state index contributed by atoms with van der Waals surface area (Å²) >= 11 is 0. The minimum absolute atomic E-state index is 0. The molecule has 0 bridgehead atoms. The van der Waals surface area contributed by atoms with Gasteiger partial charge in [-0.05, 0) is 25.0 Å². The van der Waals surface area contributed by atoms with E-state index in [-0.39, 0.29) is 36.3 Å². The van der Waals surface area contributed by atoms with Crippen molar-refractivity contribution in [2.24, 2.45) is 5.73 Å². The summed E-state index contributed by atoms with van der Waals surface area (Å²) in [7, 11) is 3.84. The Balaban J connectivity index is 0.00000200. The van der Waals surface area contributed by atoms with Gasteiger partial charge in [0.1, 0.15) is 5.82 Å². The van der Waals surface area contributed by atoms with Crippen LogP contribution in [0.5, 0.6) is 0 Å². The molecule has 1 aliphatic rings. The fraction of sp³-hybridized carbons (Fsp3) is 0.571. The van der Waals surface area contributed by atoms with Crippen LogP contribution in [0.15, 0.2) is 18.3 Å². The second kappa shape index (κ2) is 8.41. The van der Waals surface area contributed by atoms with Gasteiger partial charge in [-0.3, -0.25) is 4.79 Å². The number of anilines is 1. The Bertz CT molecular complexity index is 445. The predicted octanol–water partition coefficient (Wildman–Crippen LogP) is 1.99. The number of nitrogens with two attached hydrogens (primary N) is 1. The highest BCUT2D eigenvalue weighted by Gasteiger charge is 2.34. The van der Waals surface area contributed by atoms with E-state index in [1.807, 2.05) is 25.1 Å². The van der Waals surface area contributed by atoms with Crippen molar-refractivity contribution in [2.75, 3.05) is 25.5 Å². The van der Waals surface area contributed by atoms with Crippen molar-refractivity contribution in [1.29, 1.82) is 0 Å². The fourth-order valence-corrected chi connectivity index (χ4v) is 2.53. The molecule has 1 amide bonds. The van der Waals surface area contributed by atoms with Crippen molar-refractivity contribution in [2.45, 2.75) is 31.2 Å². The molecule has 1 heterocycles. The van der Waals surface area contributed by atoms with Gasteiger partial charge in [-0.25, -0.2) is 4.98 Å². The van der Waals surface area contributed by atoms with E-state index >= 15 is 0 Å². The number of hydrogen-bond acceptors (Lipinski definition) is 4. The standard InChI is InChI=1S/C14H22N4O.2ClH/c1-18(2)12-6-5-11(9-16-12)13(19)17-14(10-15)7-3-4-8-14;;/h5-6,9H,3-4,7-8,10,15H2,1-2H3,(H,17,19);2*1H. The first kappa shape index (κ1) is 20.0. The van der Waals surface area contributed by atoms with Gasteiger partial charge in [-0.1, -0.05) is 12.8 Å². The highest BCUT2D eigenvalue weighted by molar-refractivity contribution is 5.94.